The average molecular weight is 226 g/mol. The second-order valence-corrected chi connectivity index (χ2v) is 3.56. The molecule has 0 spiro atoms. The van der Waals surface area contributed by atoms with Gasteiger partial charge in [0, 0.05) is 12.2 Å². The fourth-order valence-electron chi connectivity index (χ4n) is 0.410. The van der Waals surface area contributed by atoms with E-state index in [2.05, 4.69) is 17.5 Å². The van der Waals surface area contributed by atoms with Gasteiger partial charge in [-0.05, 0) is 0 Å². The van der Waals surface area contributed by atoms with Gasteiger partial charge in [-0.3, -0.25) is 5.32 Å². The highest BCUT2D eigenvalue weighted by molar-refractivity contribution is 8.22. The first-order valence-electron chi connectivity index (χ1n) is 3.09. The first-order chi connectivity index (χ1) is 6.07. The standard InChI is InChI=1S/C6H5F3N2S2/c7-4(5(8)9)1-2-13-6(12)11-3-10/h1-2H2,(H,11,12). The third-order valence-corrected chi connectivity index (χ3v) is 2.15. The van der Waals surface area contributed by atoms with Crippen LogP contribution in [0, 0.1) is 11.5 Å². The summed E-state index contributed by atoms with van der Waals surface area (Å²) in [6.45, 7) is 0. The molecule has 0 rings (SSSR count). The van der Waals surface area contributed by atoms with Gasteiger partial charge in [-0.2, -0.15) is 14.0 Å². The molecule has 0 aromatic carbocycles. The number of nitriles is 1. The molecule has 0 amide bonds. The van der Waals surface area contributed by atoms with Crippen LogP contribution in [0.3, 0.4) is 0 Å². The van der Waals surface area contributed by atoms with Crippen LogP contribution in [0.5, 0.6) is 0 Å². The van der Waals surface area contributed by atoms with Crippen LogP contribution in [-0.2, 0) is 0 Å². The number of nitrogens with zero attached hydrogens (tertiary/aromatic N) is 1. The molecule has 72 valence electrons. The van der Waals surface area contributed by atoms with Gasteiger partial charge in [0.2, 0.25) is 0 Å². The summed E-state index contributed by atoms with van der Waals surface area (Å²) in [5.41, 5.74) is 0. The lowest BCUT2D eigenvalue weighted by molar-refractivity contribution is 0.373. The van der Waals surface area contributed by atoms with Crippen LogP contribution in [0.2, 0.25) is 0 Å². The first kappa shape index (κ1) is 12.3. The summed E-state index contributed by atoms with van der Waals surface area (Å²) < 4.78 is 35.3. The summed E-state index contributed by atoms with van der Waals surface area (Å²) in [5.74, 6) is -1.36. The van der Waals surface area contributed by atoms with Crippen molar-refractivity contribution in [3.05, 3.63) is 11.9 Å². The Balaban J connectivity index is 3.64. The quantitative estimate of drug-likeness (QED) is 0.455. The largest absolute Gasteiger partial charge is 0.301 e. The van der Waals surface area contributed by atoms with Gasteiger partial charge in [-0.25, -0.2) is 4.39 Å². The van der Waals surface area contributed by atoms with Gasteiger partial charge in [0.05, 0.1) is 0 Å². The fraction of sp³-hybridized carbons (Fsp3) is 0.333. The molecule has 0 heterocycles. The van der Waals surface area contributed by atoms with Gasteiger partial charge in [-0.15, -0.1) is 0 Å². The lowest BCUT2D eigenvalue weighted by Crippen LogP contribution is -2.10. The number of hydrogen-bond acceptors (Lipinski definition) is 3. The molecule has 0 unspecified atom stereocenters. The zero-order valence-corrected chi connectivity index (χ0v) is 7.94. The maximum Gasteiger partial charge on any atom is 0.301 e. The van der Waals surface area contributed by atoms with Gasteiger partial charge in [0.1, 0.15) is 4.32 Å². The second-order valence-electron chi connectivity index (χ2n) is 1.79. The molecule has 0 radical (unpaired) electrons. The van der Waals surface area contributed by atoms with E-state index in [1.54, 1.807) is 6.19 Å². The number of thioether (sulfide) groups is 1. The molecule has 0 saturated heterocycles. The van der Waals surface area contributed by atoms with E-state index in [9.17, 15) is 13.2 Å². The van der Waals surface area contributed by atoms with Crippen LogP contribution in [0.15, 0.2) is 11.9 Å². The molecule has 7 heteroatoms. The van der Waals surface area contributed by atoms with Crippen molar-refractivity contribution in [2.45, 2.75) is 6.42 Å². The molecule has 0 aromatic rings. The maximum absolute atomic E-state index is 12.1. The molecular weight excluding hydrogens is 221 g/mol. The first-order valence-corrected chi connectivity index (χ1v) is 4.48. The average Bonchev–Trinajstić information content (AvgIpc) is 2.04. The number of halogens is 3. The van der Waals surface area contributed by atoms with E-state index in [-0.39, 0.29) is 16.5 Å². The van der Waals surface area contributed by atoms with E-state index in [0.29, 0.717) is 0 Å². The summed E-state index contributed by atoms with van der Waals surface area (Å²) in [6, 6.07) is 0. The third-order valence-electron chi connectivity index (χ3n) is 0.918. The van der Waals surface area contributed by atoms with E-state index in [4.69, 9.17) is 5.26 Å². The predicted octanol–water partition coefficient (Wildman–Crippen LogP) is 2.54. The Hall–Kier alpha value is -0.740. The van der Waals surface area contributed by atoms with Crippen LogP contribution in [0.1, 0.15) is 6.42 Å². The third kappa shape index (κ3) is 6.42. The zero-order chi connectivity index (χ0) is 10.3. The SMILES string of the molecule is N#CNC(=S)SCCC(F)=C(F)F. The van der Waals surface area contributed by atoms with Crippen molar-refractivity contribution in [2.75, 3.05) is 5.75 Å². The normalized spacial score (nSPS) is 8.77. The van der Waals surface area contributed by atoms with Crippen LogP contribution >= 0.6 is 24.0 Å². The lowest BCUT2D eigenvalue weighted by atomic mass is 10.4. The summed E-state index contributed by atoms with van der Waals surface area (Å²) in [6.07, 6.45) is -1.13. The Bertz CT molecular complexity index is 255. The molecule has 13 heavy (non-hydrogen) atoms. The predicted molar refractivity (Wildman–Crippen MR) is 48.8 cm³/mol. The Labute approximate surface area is 82.8 Å². The minimum Gasteiger partial charge on any atom is -0.278 e. The molecule has 2 nitrogen and oxygen atoms in total. The molecule has 0 aromatic heterocycles. The monoisotopic (exact) mass is 226 g/mol. The Kier molecular flexibility index (Phi) is 6.36. The molecule has 0 fully saturated rings. The number of rotatable bonds is 3. The van der Waals surface area contributed by atoms with Crippen molar-refractivity contribution >= 4 is 28.3 Å². The minimum atomic E-state index is -2.31. The van der Waals surface area contributed by atoms with Gasteiger partial charge < -0.3 is 0 Å². The van der Waals surface area contributed by atoms with Gasteiger partial charge in [0.25, 0.3) is 0 Å². The number of hydrogen-bond donors (Lipinski definition) is 1. The summed E-state index contributed by atoms with van der Waals surface area (Å²) >= 11 is 5.51. The van der Waals surface area contributed by atoms with E-state index < -0.39 is 11.9 Å². The highest BCUT2D eigenvalue weighted by Crippen LogP contribution is 2.16. The van der Waals surface area contributed by atoms with E-state index in [1.807, 2.05) is 0 Å². The summed E-state index contributed by atoms with van der Waals surface area (Å²) in [7, 11) is 0. The van der Waals surface area contributed by atoms with Gasteiger partial charge >= 0.3 is 6.08 Å². The van der Waals surface area contributed by atoms with Gasteiger partial charge in [-0.1, -0.05) is 24.0 Å². The van der Waals surface area contributed by atoms with Crippen LogP contribution in [-0.4, -0.2) is 10.1 Å². The van der Waals surface area contributed by atoms with Crippen LogP contribution in [0.4, 0.5) is 13.2 Å². The molecule has 0 atom stereocenters. The van der Waals surface area contributed by atoms with Crippen molar-refractivity contribution in [1.82, 2.24) is 5.32 Å². The highest BCUT2D eigenvalue weighted by Gasteiger charge is 2.05. The highest BCUT2D eigenvalue weighted by atomic mass is 32.2. The second kappa shape index (κ2) is 6.74. The Morgan fingerprint density at radius 3 is 2.54 bits per heavy atom. The van der Waals surface area contributed by atoms with E-state index >= 15 is 0 Å². The van der Waals surface area contributed by atoms with Crippen LogP contribution < -0.4 is 5.32 Å². The number of nitrogens with one attached hydrogen (secondary N) is 1. The lowest BCUT2D eigenvalue weighted by Gasteiger charge is -1.98. The number of allylic oxidation sites excluding steroid dienone is 1. The topological polar surface area (TPSA) is 35.8 Å². The van der Waals surface area contributed by atoms with Crippen LogP contribution in [0.25, 0.3) is 0 Å². The molecule has 0 bridgehead atoms. The fourth-order valence-corrected chi connectivity index (χ4v) is 1.29. The Morgan fingerprint density at radius 1 is 1.46 bits per heavy atom. The molecule has 1 N–H and O–H groups in total. The zero-order valence-electron chi connectivity index (χ0n) is 6.31. The molecule has 0 aliphatic carbocycles. The van der Waals surface area contributed by atoms with Crippen molar-refractivity contribution in [3.8, 4) is 6.19 Å². The maximum atomic E-state index is 12.1. The molecule has 0 saturated carbocycles. The van der Waals surface area contributed by atoms with E-state index in [1.165, 1.54) is 0 Å². The van der Waals surface area contributed by atoms with Crippen molar-refractivity contribution in [3.63, 3.8) is 0 Å². The summed E-state index contributed by atoms with van der Waals surface area (Å²) in [4.78, 5) is 0. The smallest absolute Gasteiger partial charge is 0.278 e. The van der Waals surface area contributed by atoms with E-state index in [0.717, 1.165) is 11.8 Å². The summed E-state index contributed by atoms with van der Waals surface area (Å²) in [5, 5.41) is 10.2. The van der Waals surface area contributed by atoms with Crippen molar-refractivity contribution in [2.24, 2.45) is 0 Å². The molecular formula is C6H5F3N2S2. The minimum absolute atomic E-state index is 0.0800. The molecule has 0 aliphatic heterocycles. The molecule has 0 aliphatic rings. The van der Waals surface area contributed by atoms with Gasteiger partial charge in [0.15, 0.2) is 12.0 Å². The Morgan fingerprint density at radius 2 is 2.08 bits per heavy atom. The van der Waals surface area contributed by atoms with Crippen molar-refractivity contribution in [1.29, 1.82) is 5.26 Å². The number of thiocarbonyl (C=S) groups is 1. The van der Waals surface area contributed by atoms with Crippen molar-refractivity contribution < 1.29 is 13.2 Å².